The summed E-state index contributed by atoms with van der Waals surface area (Å²) in [5.41, 5.74) is 6.22. The van der Waals surface area contributed by atoms with E-state index >= 15 is 0 Å². The largest absolute Gasteiger partial charge is 0.366 e. The zero-order valence-electron chi connectivity index (χ0n) is 9.93. The highest BCUT2D eigenvalue weighted by atomic mass is 32.2. The third-order valence-corrected chi connectivity index (χ3v) is 4.95. The fraction of sp³-hybridized carbons (Fsp3) is 0.308. The molecular weight excluding hydrogens is 250 g/mol. The maximum absolute atomic E-state index is 12.3. The predicted molar refractivity (Wildman–Crippen MR) is 69.1 cm³/mol. The number of benzene rings is 1. The van der Waals surface area contributed by atoms with Crippen molar-refractivity contribution in [3.8, 4) is 0 Å². The summed E-state index contributed by atoms with van der Waals surface area (Å²) in [5.74, 6) is -0.681. The second kappa shape index (κ2) is 4.94. The summed E-state index contributed by atoms with van der Waals surface area (Å²) in [6.45, 7) is 0. The average molecular weight is 265 g/mol. The molecule has 2 N–H and O–H groups in total. The molecule has 0 aromatic heterocycles. The molecule has 0 saturated heterocycles. The number of carbonyl (C=O) groups is 1. The lowest BCUT2D eigenvalue weighted by molar-refractivity contribution is -0.114. The number of sulfone groups is 1. The van der Waals surface area contributed by atoms with Gasteiger partial charge in [-0.2, -0.15) is 0 Å². The van der Waals surface area contributed by atoms with Crippen molar-refractivity contribution in [3.05, 3.63) is 46.4 Å². The van der Waals surface area contributed by atoms with Gasteiger partial charge in [0.1, 0.15) is 0 Å². The molecule has 0 aliphatic heterocycles. The van der Waals surface area contributed by atoms with Gasteiger partial charge in [0.15, 0.2) is 9.84 Å². The number of carbonyl (C=O) groups excluding carboxylic acids is 1. The lowest BCUT2D eigenvalue weighted by atomic mass is 10.2. The number of rotatable bonds is 4. The van der Waals surface area contributed by atoms with Gasteiger partial charge < -0.3 is 5.73 Å². The second-order valence-corrected chi connectivity index (χ2v) is 6.38. The maximum Gasteiger partial charge on any atom is 0.245 e. The minimum absolute atomic E-state index is 0.0695. The van der Waals surface area contributed by atoms with Crippen molar-refractivity contribution in [2.45, 2.75) is 25.0 Å². The molecule has 1 aliphatic carbocycles. The Morgan fingerprint density at radius 2 is 1.83 bits per heavy atom. The minimum atomic E-state index is -3.43. The predicted octanol–water partition coefficient (Wildman–Crippen LogP) is 1.52. The van der Waals surface area contributed by atoms with Crippen molar-refractivity contribution in [2.24, 2.45) is 5.73 Å². The van der Waals surface area contributed by atoms with Crippen LogP contribution in [0.5, 0.6) is 0 Å². The maximum atomic E-state index is 12.3. The summed E-state index contributed by atoms with van der Waals surface area (Å²) in [6.07, 6.45) is 1.58. The number of hydrogen-bond donors (Lipinski definition) is 1. The normalized spacial score (nSPS) is 16.0. The number of nitrogens with two attached hydrogens (primary N) is 1. The van der Waals surface area contributed by atoms with Crippen LogP contribution in [0.1, 0.15) is 24.8 Å². The third-order valence-electron chi connectivity index (χ3n) is 3.04. The van der Waals surface area contributed by atoms with Gasteiger partial charge in [0.2, 0.25) is 5.91 Å². The molecular formula is C13H15NO3S. The molecule has 0 heterocycles. The van der Waals surface area contributed by atoms with Crippen molar-refractivity contribution in [1.82, 2.24) is 0 Å². The molecule has 96 valence electrons. The van der Waals surface area contributed by atoms with E-state index in [0.717, 1.165) is 5.56 Å². The summed E-state index contributed by atoms with van der Waals surface area (Å²) < 4.78 is 24.5. The number of primary amides is 1. The van der Waals surface area contributed by atoms with Gasteiger partial charge >= 0.3 is 0 Å². The van der Waals surface area contributed by atoms with Gasteiger partial charge in [-0.05, 0) is 24.8 Å². The topological polar surface area (TPSA) is 77.2 Å². The molecule has 0 atom stereocenters. The molecule has 18 heavy (non-hydrogen) atoms. The molecule has 0 spiro atoms. The van der Waals surface area contributed by atoms with E-state index in [1.807, 2.05) is 6.07 Å². The van der Waals surface area contributed by atoms with Crippen LogP contribution >= 0.6 is 0 Å². The van der Waals surface area contributed by atoms with Crippen molar-refractivity contribution in [1.29, 1.82) is 0 Å². The molecule has 0 bridgehead atoms. The quantitative estimate of drug-likeness (QED) is 0.896. The molecule has 0 fully saturated rings. The highest BCUT2D eigenvalue weighted by molar-refractivity contribution is 7.94. The van der Waals surface area contributed by atoms with Crippen LogP contribution in [0, 0.1) is 0 Å². The Hall–Kier alpha value is -1.62. The summed E-state index contributed by atoms with van der Waals surface area (Å²) in [6, 6.07) is 8.94. The molecule has 0 radical (unpaired) electrons. The van der Waals surface area contributed by atoms with E-state index in [-0.39, 0.29) is 16.2 Å². The number of hydrogen-bond acceptors (Lipinski definition) is 3. The van der Waals surface area contributed by atoms with E-state index in [0.29, 0.717) is 19.3 Å². The van der Waals surface area contributed by atoms with Crippen molar-refractivity contribution in [2.75, 3.05) is 0 Å². The van der Waals surface area contributed by atoms with Crippen LogP contribution in [-0.2, 0) is 20.4 Å². The first-order chi connectivity index (χ1) is 8.50. The first-order valence-electron chi connectivity index (χ1n) is 5.79. The molecule has 0 unspecified atom stereocenters. The van der Waals surface area contributed by atoms with Gasteiger partial charge in [0, 0.05) is 5.57 Å². The van der Waals surface area contributed by atoms with Gasteiger partial charge in [0.05, 0.1) is 10.7 Å². The van der Waals surface area contributed by atoms with E-state index in [4.69, 9.17) is 5.73 Å². The van der Waals surface area contributed by atoms with E-state index in [2.05, 4.69) is 0 Å². The highest BCUT2D eigenvalue weighted by Gasteiger charge is 2.28. The molecule has 1 amide bonds. The van der Waals surface area contributed by atoms with Crippen molar-refractivity contribution in [3.63, 3.8) is 0 Å². The van der Waals surface area contributed by atoms with Gasteiger partial charge in [0.25, 0.3) is 0 Å². The van der Waals surface area contributed by atoms with Crippen LogP contribution in [-0.4, -0.2) is 14.3 Å². The Kier molecular flexibility index (Phi) is 3.52. The summed E-state index contributed by atoms with van der Waals surface area (Å²) >= 11 is 0. The zero-order valence-corrected chi connectivity index (χ0v) is 10.7. The lowest BCUT2D eigenvalue weighted by Crippen LogP contribution is -2.17. The van der Waals surface area contributed by atoms with Crippen molar-refractivity contribution < 1.29 is 13.2 Å². The Balaban J connectivity index is 2.32. The monoisotopic (exact) mass is 265 g/mol. The molecule has 5 heteroatoms. The van der Waals surface area contributed by atoms with Gasteiger partial charge in [-0.25, -0.2) is 8.42 Å². The van der Waals surface area contributed by atoms with Gasteiger partial charge in [-0.15, -0.1) is 0 Å². The standard InChI is InChI=1S/C13H15NO3S/c14-13(15)11-7-4-8-12(11)18(16,17)9-10-5-2-1-3-6-10/h1-3,5-6H,4,7-9H2,(H2,14,15). The van der Waals surface area contributed by atoms with Gasteiger partial charge in [-0.3, -0.25) is 4.79 Å². The smallest absolute Gasteiger partial charge is 0.245 e. The molecule has 0 saturated carbocycles. The first kappa shape index (κ1) is 12.8. The van der Waals surface area contributed by atoms with Crippen molar-refractivity contribution >= 4 is 15.7 Å². The Morgan fingerprint density at radius 3 is 2.44 bits per heavy atom. The van der Waals surface area contributed by atoms with E-state index in [1.165, 1.54) is 0 Å². The molecule has 1 aromatic rings. The Labute approximate surface area is 106 Å². The van der Waals surface area contributed by atoms with Gasteiger partial charge in [-0.1, -0.05) is 30.3 Å². The van der Waals surface area contributed by atoms with Crippen LogP contribution < -0.4 is 5.73 Å². The van der Waals surface area contributed by atoms with Crippen LogP contribution in [0.15, 0.2) is 40.8 Å². The third kappa shape index (κ3) is 2.61. The van der Waals surface area contributed by atoms with Crippen LogP contribution in [0.2, 0.25) is 0 Å². The summed E-state index contributed by atoms with van der Waals surface area (Å²) in [5, 5.41) is 0. The Morgan fingerprint density at radius 1 is 1.17 bits per heavy atom. The Bertz CT molecular complexity index is 588. The average Bonchev–Trinajstić information content (AvgIpc) is 2.79. The molecule has 1 aromatic carbocycles. The minimum Gasteiger partial charge on any atom is -0.366 e. The first-order valence-corrected chi connectivity index (χ1v) is 7.44. The van der Waals surface area contributed by atoms with E-state index < -0.39 is 15.7 Å². The SMILES string of the molecule is NC(=O)C1=C(S(=O)(=O)Cc2ccccc2)CCC1. The second-order valence-electron chi connectivity index (χ2n) is 4.36. The highest BCUT2D eigenvalue weighted by Crippen LogP contribution is 2.31. The molecule has 4 nitrogen and oxygen atoms in total. The lowest BCUT2D eigenvalue weighted by Gasteiger charge is -2.07. The molecule has 2 rings (SSSR count). The number of allylic oxidation sites excluding steroid dienone is 1. The summed E-state index contributed by atoms with van der Waals surface area (Å²) in [4.78, 5) is 11.4. The van der Waals surface area contributed by atoms with Crippen LogP contribution in [0.25, 0.3) is 0 Å². The van der Waals surface area contributed by atoms with Crippen LogP contribution in [0.4, 0.5) is 0 Å². The zero-order chi connectivity index (χ0) is 13.2. The van der Waals surface area contributed by atoms with E-state index in [1.54, 1.807) is 24.3 Å². The fourth-order valence-electron chi connectivity index (χ4n) is 2.20. The van der Waals surface area contributed by atoms with Crippen LogP contribution in [0.3, 0.4) is 0 Å². The fourth-order valence-corrected chi connectivity index (χ4v) is 4.04. The molecule has 1 aliphatic rings. The number of amides is 1. The summed E-state index contributed by atoms with van der Waals surface area (Å²) in [7, 11) is -3.43. The van der Waals surface area contributed by atoms with E-state index in [9.17, 15) is 13.2 Å².